The highest BCUT2D eigenvalue weighted by Gasteiger charge is 2.25. The molecule has 0 aromatic carbocycles. The molecular formula is C7H10NO3. The van der Waals surface area contributed by atoms with Crippen LogP contribution in [0.3, 0.4) is 0 Å². The van der Waals surface area contributed by atoms with Crippen LogP contribution in [0.25, 0.3) is 0 Å². The van der Waals surface area contributed by atoms with E-state index in [-0.39, 0.29) is 5.91 Å². The minimum atomic E-state index is -0.456. The lowest BCUT2D eigenvalue weighted by atomic mass is 10.4. The summed E-state index contributed by atoms with van der Waals surface area (Å²) in [5.41, 5.74) is 0. The molecule has 0 aromatic rings. The number of hydrogen-bond acceptors (Lipinski definition) is 3. The predicted octanol–water partition coefficient (Wildman–Crippen LogP) is 0.0386. The molecule has 61 valence electrons. The zero-order valence-corrected chi connectivity index (χ0v) is 6.37. The number of ether oxygens (including phenoxy) is 1. The quantitative estimate of drug-likeness (QED) is 0.579. The molecule has 0 bridgehead atoms. The first kappa shape index (κ1) is 8.04. The van der Waals surface area contributed by atoms with Gasteiger partial charge in [0.05, 0.1) is 0 Å². The summed E-state index contributed by atoms with van der Waals surface area (Å²) in [7, 11) is 0. The highest BCUT2D eigenvalue weighted by atomic mass is 16.5. The van der Waals surface area contributed by atoms with E-state index in [0.29, 0.717) is 13.0 Å². The van der Waals surface area contributed by atoms with Gasteiger partial charge in [0, 0.05) is 13.0 Å². The van der Waals surface area contributed by atoms with Crippen LogP contribution in [-0.2, 0) is 14.3 Å². The average Bonchev–Trinajstić information content (AvgIpc) is 2.36. The molecule has 1 amide bonds. The van der Waals surface area contributed by atoms with Crippen LogP contribution >= 0.6 is 0 Å². The number of nitrogens with zero attached hydrogens (tertiary/aromatic N) is 1. The Balaban J connectivity index is 2.45. The van der Waals surface area contributed by atoms with E-state index < -0.39 is 6.23 Å². The first-order valence-corrected chi connectivity index (χ1v) is 3.58. The van der Waals surface area contributed by atoms with E-state index in [0.717, 1.165) is 6.42 Å². The molecule has 1 aliphatic heterocycles. The monoisotopic (exact) mass is 156 g/mol. The molecule has 1 unspecified atom stereocenters. The van der Waals surface area contributed by atoms with Gasteiger partial charge in [-0.3, -0.25) is 4.79 Å². The molecule has 1 rings (SSSR count). The highest BCUT2D eigenvalue weighted by Crippen LogP contribution is 2.13. The lowest BCUT2D eigenvalue weighted by Crippen LogP contribution is -2.35. The number of likely N-dealkylation sites (tertiary alicyclic amines) is 1. The third kappa shape index (κ3) is 1.69. The van der Waals surface area contributed by atoms with Crippen LogP contribution < -0.4 is 0 Å². The molecule has 1 fully saturated rings. The first-order chi connectivity index (χ1) is 5.25. The smallest absolute Gasteiger partial charge is 0.419 e. The molecule has 0 aromatic heterocycles. The molecule has 4 nitrogen and oxygen atoms in total. The SMILES string of the molecule is CC(O[C]=O)N1CCCC1=O. The average molecular weight is 156 g/mol. The van der Waals surface area contributed by atoms with Crippen molar-refractivity contribution in [1.82, 2.24) is 4.90 Å². The molecule has 0 spiro atoms. The fourth-order valence-electron chi connectivity index (χ4n) is 1.19. The Labute approximate surface area is 65.1 Å². The third-order valence-electron chi connectivity index (χ3n) is 1.77. The van der Waals surface area contributed by atoms with Crippen LogP contribution in [-0.4, -0.2) is 30.1 Å². The summed E-state index contributed by atoms with van der Waals surface area (Å²) < 4.78 is 4.50. The maximum absolute atomic E-state index is 11.0. The molecule has 4 heteroatoms. The molecule has 1 aliphatic rings. The van der Waals surface area contributed by atoms with Gasteiger partial charge in [-0.05, 0) is 13.3 Å². The Morgan fingerprint density at radius 2 is 2.45 bits per heavy atom. The number of carbonyl (C=O) groups excluding carboxylic acids is 2. The van der Waals surface area contributed by atoms with Crippen molar-refractivity contribution < 1.29 is 14.3 Å². The van der Waals surface area contributed by atoms with Gasteiger partial charge in [0.1, 0.15) is 0 Å². The fraction of sp³-hybridized carbons (Fsp3) is 0.714. The Morgan fingerprint density at radius 3 is 2.91 bits per heavy atom. The van der Waals surface area contributed by atoms with Gasteiger partial charge in [0.2, 0.25) is 5.91 Å². The molecule has 1 radical (unpaired) electrons. The number of hydrogen-bond donors (Lipinski definition) is 0. The Kier molecular flexibility index (Phi) is 2.46. The largest absolute Gasteiger partial charge is 0.433 e. The predicted molar refractivity (Wildman–Crippen MR) is 37.2 cm³/mol. The Hall–Kier alpha value is -1.06. The van der Waals surface area contributed by atoms with Gasteiger partial charge < -0.3 is 9.64 Å². The summed E-state index contributed by atoms with van der Waals surface area (Å²) in [5, 5.41) is 0. The van der Waals surface area contributed by atoms with E-state index in [2.05, 4.69) is 4.74 Å². The van der Waals surface area contributed by atoms with Crippen LogP contribution in [0.1, 0.15) is 19.8 Å². The van der Waals surface area contributed by atoms with Crippen LogP contribution in [0.15, 0.2) is 0 Å². The van der Waals surface area contributed by atoms with Crippen molar-refractivity contribution in [3.8, 4) is 0 Å². The summed E-state index contributed by atoms with van der Waals surface area (Å²) in [6.45, 7) is 3.66. The van der Waals surface area contributed by atoms with Crippen LogP contribution in [0.2, 0.25) is 0 Å². The van der Waals surface area contributed by atoms with E-state index in [1.54, 1.807) is 6.92 Å². The highest BCUT2D eigenvalue weighted by molar-refractivity contribution is 5.78. The van der Waals surface area contributed by atoms with E-state index in [1.807, 2.05) is 0 Å². The van der Waals surface area contributed by atoms with E-state index in [1.165, 1.54) is 11.4 Å². The van der Waals surface area contributed by atoms with Crippen molar-refractivity contribution in [3.63, 3.8) is 0 Å². The number of rotatable bonds is 3. The fourth-order valence-corrected chi connectivity index (χ4v) is 1.19. The molecule has 1 atom stereocenters. The molecule has 1 heterocycles. The van der Waals surface area contributed by atoms with E-state index in [9.17, 15) is 9.59 Å². The van der Waals surface area contributed by atoms with Crippen molar-refractivity contribution in [3.05, 3.63) is 0 Å². The molecule has 0 saturated carbocycles. The maximum Gasteiger partial charge on any atom is 0.419 e. The van der Waals surface area contributed by atoms with Crippen molar-refractivity contribution >= 4 is 12.4 Å². The summed E-state index contributed by atoms with van der Waals surface area (Å²) in [6.07, 6.45) is 0.959. The normalized spacial score (nSPS) is 20.1. The topological polar surface area (TPSA) is 46.6 Å². The van der Waals surface area contributed by atoms with Gasteiger partial charge in [-0.2, -0.15) is 0 Å². The number of amides is 1. The minimum absolute atomic E-state index is 0.0488. The van der Waals surface area contributed by atoms with Crippen LogP contribution in [0.4, 0.5) is 0 Å². The Bertz CT molecular complexity index is 169. The van der Waals surface area contributed by atoms with E-state index in [4.69, 9.17) is 0 Å². The maximum atomic E-state index is 11.0. The second-order valence-electron chi connectivity index (χ2n) is 2.49. The minimum Gasteiger partial charge on any atom is -0.433 e. The van der Waals surface area contributed by atoms with Crippen molar-refractivity contribution in [1.29, 1.82) is 0 Å². The zero-order chi connectivity index (χ0) is 8.27. The van der Waals surface area contributed by atoms with Crippen molar-refractivity contribution in [2.75, 3.05) is 6.54 Å². The molecule has 0 N–H and O–H groups in total. The standard InChI is InChI=1S/C7H10NO3/c1-6(11-5-9)8-4-2-3-7(8)10/h6H,2-4H2,1H3. The second kappa shape index (κ2) is 3.37. The summed E-state index contributed by atoms with van der Waals surface area (Å²) in [6, 6.07) is 0. The van der Waals surface area contributed by atoms with Crippen LogP contribution in [0, 0.1) is 0 Å². The lowest BCUT2D eigenvalue weighted by molar-refractivity contribution is -0.134. The molecule has 1 saturated heterocycles. The summed E-state index contributed by atoms with van der Waals surface area (Å²) in [5.74, 6) is 0.0488. The number of carbonyl (C=O) groups is 1. The van der Waals surface area contributed by atoms with E-state index >= 15 is 0 Å². The van der Waals surface area contributed by atoms with Crippen molar-refractivity contribution in [2.24, 2.45) is 0 Å². The third-order valence-corrected chi connectivity index (χ3v) is 1.77. The molecular weight excluding hydrogens is 146 g/mol. The van der Waals surface area contributed by atoms with Gasteiger partial charge >= 0.3 is 6.47 Å². The van der Waals surface area contributed by atoms with Crippen molar-refractivity contribution in [2.45, 2.75) is 26.0 Å². The van der Waals surface area contributed by atoms with Gasteiger partial charge in [-0.15, -0.1) is 0 Å². The summed E-state index contributed by atoms with van der Waals surface area (Å²) >= 11 is 0. The summed E-state index contributed by atoms with van der Waals surface area (Å²) in [4.78, 5) is 22.3. The van der Waals surface area contributed by atoms with Gasteiger partial charge in [0.15, 0.2) is 6.23 Å². The lowest BCUT2D eigenvalue weighted by Gasteiger charge is -2.21. The molecule has 11 heavy (non-hydrogen) atoms. The molecule has 0 aliphatic carbocycles. The second-order valence-corrected chi connectivity index (χ2v) is 2.49. The van der Waals surface area contributed by atoms with Gasteiger partial charge in [0.25, 0.3) is 0 Å². The first-order valence-electron chi connectivity index (χ1n) is 3.58. The Morgan fingerprint density at radius 1 is 1.73 bits per heavy atom. The van der Waals surface area contributed by atoms with Crippen LogP contribution in [0.5, 0.6) is 0 Å². The van der Waals surface area contributed by atoms with Gasteiger partial charge in [-0.25, -0.2) is 4.79 Å². The zero-order valence-electron chi connectivity index (χ0n) is 6.37. The van der Waals surface area contributed by atoms with Gasteiger partial charge in [-0.1, -0.05) is 0 Å².